The number of hydrogen-bond donors (Lipinski definition) is 1. The highest BCUT2D eigenvalue weighted by Gasteiger charge is 2.19. The lowest BCUT2D eigenvalue weighted by Crippen LogP contribution is -2.49. The maximum atomic E-state index is 6.23. The summed E-state index contributed by atoms with van der Waals surface area (Å²) in [5, 5.41) is 7.33. The van der Waals surface area contributed by atoms with Gasteiger partial charge in [0.15, 0.2) is 0 Å². The van der Waals surface area contributed by atoms with E-state index in [4.69, 9.17) is 16.6 Å². The number of nitrogens with zero attached hydrogens (tertiary/aromatic N) is 2. The van der Waals surface area contributed by atoms with Crippen LogP contribution in [0.1, 0.15) is 12.6 Å². The molecule has 2 aromatic rings. The molecule has 1 aromatic carbocycles. The Balaban J connectivity index is 1.75. The van der Waals surface area contributed by atoms with Crippen LogP contribution in [0, 0.1) is 0 Å². The van der Waals surface area contributed by atoms with Crippen molar-refractivity contribution in [2.24, 2.45) is 0 Å². The minimum Gasteiger partial charge on any atom is -0.314 e. The van der Waals surface area contributed by atoms with Crippen LogP contribution in [0.5, 0.6) is 0 Å². The van der Waals surface area contributed by atoms with Crippen LogP contribution in [-0.2, 0) is 6.54 Å². The first-order chi connectivity index (χ1) is 9.74. The predicted octanol–water partition coefficient (Wildman–Crippen LogP) is 3.26. The Morgan fingerprint density at radius 1 is 1.45 bits per heavy atom. The van der Waals surface area contributed by atoms with E-state index in [1.165, 1.54) is 0 Å². The molecule has 1 aliphatic rings. The third kappa shape index (κ3) is 3.04. The molecule has 0 radical (unpaired) electrons. The van der Waals surface area contributed by atoms with Crippen LogP contribution in [-0.4, -0.2) is 35.6 Å². The topological polar surface area (TPSA) is 28.2 Å². The third-order valence-corrected chi connectivity index (χ3v) is 4.91. The van der Waals surface area contributed by atoms with Gasteiger partial charge >= 0.3 is 0 Å². The molecule has 1 N–H and O–H groups in total. The molecule has 1 saturated heterocycles. The Morgan fingerprint density at radius 2 is 2.30 bits per heavy atom. The number of aromatic nitrogens is 1. The summed E-state index contributed by atoms with van der Waals surface area (Å²) in [6, 6.07) is 8.45. The highest BCUT2D eigenvalue weighted by Crippen LogP contribution is 2.30. The summed E-state index contributed by atoms with van der Waals surface area (Å²) in [5.74, 6) is 0. The number of benzene rings is 1. The van der Waals surface area contributed by atoms with Gasteiger partial charge in [-0.15, -0.1) is 11.3 Å². The second kappa shape index (κ2) is 6.22. The van der Waals surface area contributed by atoms with E-state index in [1.54, 1.807) is 11.3 Å². The minimum atomic E-state index is 0.564. The molecule has 1 aliphatic heterocycles. The van der Waals surface area contributed by atoms with E-state index >= 15 is 0 Å². The zero-order chi connectivity index (χ0) is 13.9. The molecule has 3 rings (SSSR count). The molecule has 106 valence electrons. The lowest BCUT2D eigenvalue weighted by atomic mass is 10.2. The fraction of sp³-hybridized carbons (Fsp3) is 0.400. The Kier molecular flexibility index (Phi) is 4.36. The first-order valence-electron chi connectivity index (χ1n) is 6.88. The third-order valence-electron chi connectivity index (χ3n) is 3.66. The summed E-state index contributed by atoms with van der Waals surface area (Å²) >= 11 is 7.90. The highest BCUT2D eigenvalue weighted by molar-refractivity contribution is 7.13. The molecule has 0 spiro atoms. The molecule has 5 heteroatoms. The normalized spacial score (nSPS) is 20.2. The van der Waals surface area contributed by atoms with Gasteiger partial charge in [-0.25, -0.2) is 4.98 Å². The van der Waals surface area contributed by atoms with Crippen LogP contribution in [0.2, 0.25) is 5.02 Å². The Bertz CT molecular complexity index is 584. The van der Waals surface area contributed by atoms with Gasteiger partial charge in [-0.05, 0) is 13.0 Å². The van der Waals surface area contributed by atoms with Crippen molar-refractivity contribution in [3.8, 4) is 10.6 Å². The first kappa shape index (κ1) is 14.0. The average Bonchev–Trinajstić information content (AvgIpc) is 2.90. The predicted molar refractivity (Wildman–Crippen MR) is 85.3 cm³/mol. The van der Waals surface area contributed by atoms with Crippen molar-refractivity contribution < 1.29 is 0 Å². The molecule has 0 aliphatic carbocycles. The van der Waals surface area contributed by atoms with Crippen LogP contribution in [0.4, 0.5) is 0 Å². The lowest BCUT2D eigenvalue weighted by Gasteiger charge is -2.33. The van der Waals surface area contributed by atoms with Crippen molar-refractivity contribution in [1.82, 2.24) is 15.2 Å². The number of nitrogens with one attached hydrogen (secondary N) is 1. The minimum absolute atomic E-state index is 0.564. The summed E-state index contributed by atoms with van der Waals surface area (Å²) < 4.78 is 0. The quantitative estimate of drug-likeness (QED) is 0.943. The lowest BCUT2D eigenvalue weighted by molar-refractivity contribution is 0.164. The molecule has 1 aromatic heterocycles. The second-order valence-corrected chi connectivity index (χ2v) is 6.41. The Hall–Kier alpha value is -0.940. The average molecular weight is 308 g/mol. The molecule has 3 nitrogen and oxygen atoms in total. The maximum absolute atomic E-state index is 6.23. The van der Waals surface area contributed by atoms with E-state index in [2.05, 4.69) is 22.5 Å². The van der Waals surface area contributed by atoms with Crippen molar-refractivity contribution in [3.05, 3.63) is 40.4 Å². The van der Waals surface area contributed by atoms with E-state index in [0.29, 0.717) is 6.04 Å². The molecule has 1 fully saturated rings. The molecule has 0 bridgehead atoms. The van der Waals surface area contributed by atoms with E-state index in [-0.39, 0.29) is 0 Å². The van der Waals surface area contributed by atoms with Crippen LogP contribution >= 0.6 is 22.9 Å². The maximum Gasteiger partial charge on any atom is 0.125 e. The van der Waals surface area contributed by atoms with E-state index in [9.17, 15) is 0 Å². The first-order valence-corrected chi connectivity index (χ1v) is 8.14. The smallest absolute Gasteiger partial charge is 0.125 e. The van der Waals surface area contributed by atoms with E-state index in [1.807, 2.05) is 24.3 Å². The van der Waals surface area contributed by atoms with Crippen molar-refractivity contribution in [3.63, 3.8) is 0 Å². The Labute approximate surface area is 128 Å². The van der Waals surface area contributed by atoms with Gasteiger partial charge in [0.05, 0.1) is 10.7 Å². The largest absolute Gasteiger partial charge is 0.314 e. The molecule has 2 heterocycles. The second-order valence-electron chi connectivity index (χ2n) is 5.15. The molecule has 1 atom stereocenters. The summed E-state index contributed by atoms with van der Waals surface area (Å²) in [6.07, 6.45) is 0. The van der Waals surface area contributed by atoms with Crippen LogP contribution in [0.15, 0.2) is 29.6 Å². The van der Waals surface area contributed by atoms with Gasteiger partial charge in [-0.1, -0.05) is 29.8 Å². The fourth-order valence-electron chi connectivity index (χ4n) is 2.46. The van der Waals surface area contributed by atoms with Gasteiger partial charge in [0.25, 0.3) is 0 Å². The van der Waals surface area contributed by atoms with Gasteiger partial charge in [0.1, 0.15) is 5.01 Å². The van der Waals surface area contributed by atoms with Crippen molar-refractivity contribution in [2.75, 3.05) is 19.6 Å². The molecule has 0 amide bonds. The van der Waals surface area contributed by atoms with Gasteiger partial charge in [-0.3, -0.25) is 4.90 Å². The SMILES string of the molecule is CC1CNCCN1Cc1csc(-c2ccccc2Cl)n1. The number of hydrogen-bond acceptors (Lipinski definition) is 4. The summed E-state index contributed by atoms with van der Waals surface area (Å²) in [4.78, 5) is 7.22. The number of piperazine rings is 1. The monoisotopic (exact) mass is 307 g/mol. The fourth-order valence-corrected chi connectivity index (χ4v) is 3.60. The van der Waals surface area contributed by atoms with Crippen molar-refractivity contribution >= 4 is 22.9 Å². The molecular formula is C15H18ClN3S. The van der Waals surface area contributed by atoms with Crippen LogP contribution < -0.4 is 5.32 Å². The van der Waals surface area contributed by atoms with Crippen molar-refractivity contribution in [2.45, 2.75) is 19.5 Å². The number of halogens is 1. The standard InChI is InChI=1S/C15H18ClN3S/c1-11-8-17-6-7-19(11)9-12-10-20-15(18-12)13-4-2-3-5-14(13)16/h2-5,10-11,17H,6-9H2,1H3. The van der Waals surface area contributed by atoms with Gasteiger partial charge in [-0.2, -0.15) is 0 Å². The van der Waals surface area contributed by atoms with Gasteiger partial charge in [0, 0.05) is 43.2 Å². The molecular weight excluding hydrogens is 290 g/mol. The van der Waals surface area contributed by atoms with Gasteiger partial charge in [0.2, 0.25) is 0 Å². The van der Waals surface area contributed by atoms with E-state index < -0.39 is 0 Å². The molecule has 1 unspecified atom stereocenters. The van der Waals surface area contributed by atoms with E-state index in [0.717, 1.165) is 47.5 Å². The zero-order valence-corrected chi connectivity index (χ0v) is 13.0. The molecule has 20 heavy (non-hydrogen) atoms. The molecule has 0 saturated carbocycles. The summed E-state index contributed by atoms with van der Waals surface area (Å²) in [7, 11) is 0. The van der Waals surface area contributed by atoms with Crippen molar-refractivity contribution in [1.29, 1.82) is 0 Å². The zero-order valence-electron chi connectivity index (χ0n) is 11.5. The highest BCUT2D eigenvalue weighted by atomic mass is 35.5. The number of thiazole rings is 1. The number of rotatable bonds is 3. The summed E-state index contributed by atoms with van der Waals surface area (Å²) in [6.45, 7) is 6.38. The summed E-state index contributed by atoms with van der Waals surface area (Å²) in [5.41, 5.74) is 2.16. The van der Waals surface area contributed by atoms with Crippen LogP contribution in [0.25, 0.3) is 10.6 Å². The Morgan fingerprint density at radius 3 is 3.10 bits per heavy atom. The van der Waals surface area contributed by atoms with Crippen LogP contribution in [0.3, 0.4) is 0 Å². The van der Waals surface area contributed by atoms with Gasteiger partial charge < -0.3 is 5.32 Å².